The third kappa shape index (κ3) is 1.07. The molecular formula is C6H3ClFN2+. The second-order valence-corrected chi connectivity index (χ2v) is 2.05. The van der Waals surface area contributed by atoms with Gasteiger partial charge in [0.05, 0.1) is 0 Å². The Kier molecular flexibility index (Phi) is 1.83. The maximum atomic E-state index is 12.5. The molecule has 0 aliphatic rings. The lowest BCUT2D eigenvalue weighted by molar-refractivity contribution is 0.629. The average Bonchev–Trinajstić information content (AvgIpc) is 1.95. The monoisotopic (exact) mass is 157 g/mol. The molecule has 0 atom stereocenters. The van der Waals surface area contributed by atoms with Crippen LogP contribution in [0.1, 0.15) is 0 Å². The van der Waals surface area contributed by atoms with E-state index in [-0.39, 0.29) is 10.7 Å². The summed E-state index contributed by atoms with van der Waals surface area (Å²) in [5, 5.41) is 8.05. The summed E-state index contributed by atoms with van der Waals surface area (Å²) in [6.45, 7) is 0. The maximum absolute atomic E-state index is 12.5. The number of hydrogen-bond donors (Lipinski definition) is 0. The minimum Gasteiger partial charge on any atom is -0.205 e. The Labute approximate surface area is 61.9 Å². The first-order chi connectivity index (χ1) is 4.75. The zero-order chi connectivity index (χ0) is 7.56. The highest BCUT2D eigenvalue weighted by atomic mass is 35.5. The Hall–Kier alpha value is -1.14. The number of rotatable bonds is 0. The van der Waals surface area contributed by atoms with Gasteiger partial charge < -0.3 is 0 Å². The van der Waals surface area contributed by atoms with Gasteiger partial charge in [0.15, 0.2) is 10.00 Å². The molecule has 0 N–H and O–H groups in total. The van der Waals surface area contributed by atoms with Crippen molar-refractivity contribution in [1.29, 1.82) is 5.39 Å². The Morgan fingerprint density at radius 2 is 2.20 bits per heavy atom. The molecule has 0 saturated heterocycles. The fourth-order valence-electron chi connectivity index (χ4n) is 0.570. The molecule has 4 heteroatoms. The predicted octanol–water partition coefficient (Wildman–Crippen LogP) is 2.96. The third-order valence-corrected chi connectivity index (χ3v) is 1.41. The van der Waals surface area contributed by atoms with Gasteiger partial charge in [0.2, 0.25) is 5.39 Å². The molecule has 50 valence electrons. The Bertz CT molecular complexity index is 292. The van der Waals surface area contributed by atoms with Crippen LogP contribution in [0.15, 0.2) is 18.2 Å². The Morgan fingerprint density at radius 3 is 2.70 bits per heavy atom. The van der Waals surface area contributed by atoms with Crippen molar-refractivity contribution in [3.8, 4) is 0 Å². The quantitative estimate of drug-likeness (QED) is 0.532. The molecule has 2 nitrogen and oxygen atoms in total. The summed E-state index contributed by atoms with van der Waals surface area (Å²) in [6, 6.07) is 4.01. The first kappa shape index (κ1) is 6.97. The van der Waals surface area contributed by atoms with Gasteiger partial charge in [-0.25, -0.2) is 4.39 Å². The molecular weight excluding hydrogens is 155 g/mol. The van der Waals surface area contributed by atoms with Crippen molar-refractivity contribution >= 4 is 17.3 Å². The average molecular weight is 158 g/mol. The van der Waals surface area contributed by atoms with E-state index in [4.69, 9.17) is 17.0 Å². The summed E-state index contributed by atoms with van der Waals surface area (Å²) < 4.78 is 12.5. The van der Waals surface area contributed by atoms with E-state index in [2.05, 4.69) is 4.98 Å². The number of nitrogens with zero attached hydrogens (tertiary/aromatic N) is 2. The number of hydrogen-bond acceptors (Lipinski definition) is 1. The van der Waals surface area contributed by atoms with Crippen LogP contribution in [-0.2, 0) is 0 Å². The van der Waals surface area contributed by atoms with Crippen LogP contribution < -0.4 is 0 Å². The number of diazo groups is 1. The van der Waals surface area contributed by atoms with Crippen molar-refractivity contribution < 1.29 is 4.39 Å². The molecule has 0 radical (unpaired) electrons. The van der Waals surface area contributed by atoms with Crippen LogP contribution in [0.2, 0.25) is 5.02 Å². The third-order valence-electron chi connectivity index (χ3n) is 1.04. The van der Waals surface area contributed by atoms with Crippen LogP contribution in [0.4, 0.5) is 10.1 Å². The molecule has 0 aromatic heterocycles. The SMILES string of the molecule is N#[N+]c1cccc(F)c1Cl. The van der Waals surface area contributed by atoms with E-state index in [0.29, 0.717) is 0 Å². The molecule has 0 aliphatic carbocycles. The lowest BCUT2D eigenvalue weighted by atomic mass is 10.3. The normalized spacial score (nSPS) is 8.90. The van der Waals surface area contributed by atoms with Crippen LogP contribution >= 0.6 is 11.6 Å². The standard InChI is InChI=1S/C6H3ClFN2/c7-6-4(8)2-1-3-5(6)10-9/h1-3H/q+1. The van der Waals surface area contributed by atoms with E-state index in [9.17, 15) is 4.39 Å². The van der Waals surface area contributed by atoms with Crippen LogP contribution in [0.3, 0.4) is 0 Å². The summed E-state index contributed by atoms with van der Waals surface area (Å²) in [5.74, 6) is -0.586. The molecule has 10 heavy (non-hydrogen) atoms. The summed E-state index contributed by atoms with van der Waals surface area (Å²) in [5.41, 5.74) is 0.0432. The highest BCUT2D eigenvalue weighted by Crippen LogP contribution is 2.26. The van der Waals surface area contributed by atoms with Crippen molar-refractivity contribution in [2.45, 2.75) is 0 Å². The maximum Gasteiger partial charge on any atom is 0.406 e. The largest absolute Gasteiger partial charge is 0.406 e. The van der Waals surface area contributed by atoms with E-state index in [0.717, 1.165) is 0 Å². The molecule has 0 bridgehead atoms. The first-order valence-corrected chi connectivity index (χ1v) is 2.92. The summed E-state index contributed by atoms with van der Waals surface area (Å²) >= 11 is 5.36. The van der Waals surface area contributed by atoms with Gasteiger partial charge in [-0.05, 0) is 6.07 Å². The van der Waals surface area contributed by atoms with Gasteiger partial charge in [-0.2, -0.15) is 0 Å². The van der Waals surface area contributed by atoms with Crippen LogP contribution in [-0.4, -0.2) is 0 Å². The molecule has 0 unspecified atom stereocenters. The predicted molar refractivity (Wildman–Crippen MR) is 36.2 cm³/mol. The lowest BCUT2D eigenvalue weighted by Crippen LogP contribution is -1.73. The van der Waals surface area contributed by atoms with Gasteiger partial charge >= 0.3 is 5.69 Å². The summed E-state index contributed by atoms with van der Waals surface area (Å²) in [4.78, 5) is 2.76. The van der Waals surface area contributed by atoms with Crippen LogP contribution in [0, 0.1) is 11.2 Å². The van der Waals surface area contributed by atoms with Gasteiger partial charge in [-0.15, -0.1) is 0 Å². The highest BCUT2D eigenvalue weighted by molar-refractivity contribution is 6.33. The molecule has 0 fully saturated rings. The summed E-state index contributed by atoms with van der Waals surface area (Å²) in [7, 11) is 0. The van der Waals surface area contributed by atoms with Crippen molar-refractivity contribution in [3.05, 3.63) is 34.0 Å². The van der Waals surface area contributed by atoms with Gasteiger partial charge in [0.1, 0.15) is 5.82 Å². The molecule has 0 aliphatic heterocycles. The van der Waals surface area contributed by atoms with E-state index >= 15 is 0 Å². The second-order valence-electron chi connectivity index (χ2n) is 1.67. The van der Waals surface area contributed by atoms with Crippen molar-refractivity contribution in [2.75, 3.05) is 0 Å². The molecule has 0 amide bonds. The van der Waals surface area contributed by atoms with E-state index in [1.54, 1.807) is 0 Å². The Morgan fingerprint density at radius 1 is 1.50 bits per heavy atom. The second kappa shape index (κ2) is 2.63. The Balaban J connectivity index is 3.31. The number of halogens is 2. The fourth-order valence-corrected chi connectivity index (χ4v) is 0.733. The first-order valence-electron chi connectivity index (χ1n) is 2.55. The van der Waals surface area contributed by atoms with Crippen molar-refractivity contribution in [2.24, 2.45) is 0 Å². The van der Waals surface area contributed by atoms with Gasteiger partial charge in [-0.3, -0.25) is 0 Å². The van der Waals surface area contributed by atoms with Crippen LogP contribution in [0.5, 0.6) is 0 Å². The molecule has 1 aromatic carbocycles. The van der Waals surface area contributed by atoms with Crippen molar-refractivity contribution in [1.82, 2.24) is 0 Å². The summed E-state index contributed by atoms with van der Waals surface area (Å²) in [6.07, 6.45) is 0. The van der Waals surface area contributed by atoms with Crippen LogP contribution in [0.25, 0.3) is 4.98 Å². The molecule has 0 heterocycles. The fraction of sp³-hybridized carbons (Fsp3) is 0. The highest BCUT2D eigenvalue weighted by Gasteiger charge is 2.14. The molecule has 0 spiro atoms. The van der Waals surface area contributed by atoms with Crippen molar-refractivity contribution in [3.63, 3.8) is 0 Å². The minimum absolute atomic E-state index is 0.0432. The van der Waals surface area contributed by atoms with Gasteiger partial charge in [0, 0.05) is 6.07 Å². The lowest BCUT2D eigenvalue weighted by Gasteiger charge is -1.84. The molecule has 1 aromatic rings. The number of benzene rings is 1. The smallest absolute Gasteiger partial charge is 0.205 e. The zero-order valence-electron chi connectivity index (χ0n) is 4.88. The molecule has 0 saturated carbocycles. The van der Waals surface area contributed by atoms with Gasteiger partial charge in [0.25, 0.3) is 0 Å². The van der Waals surface area contributed by atoms with E-state index < -0.39 is 5.82 Å². The topological polar surface area (TPSA) is 28.1 Å². The zero-order valence-corrected chi connectivity index (χ0v) is 5.64. The van der Waals surface area contributed by atoms with E-state index in [1.165, 1.54) is 18.2 Å². The van der Waals surface area contributed by atoms with E-state index in [1.807, 2.05) is 0 Å². The van der Waals surface area contributed by atoms with Gasteiger partial charge in [-0.1, -0.05) is 17.7 Å². The molecule has 1 rings (SSSR count). The minimum atomic E-state index is -0.586.